The van der Waals surface area contributed by atoms with Crippen molar-refractivity contribution >= 4 is 35.8 Å². The summed E-state index contributed by atoms with van der Waals surface area (Å²) >= 11 is 0. The van der Waals surface area contributed by atoms with Gasteiger partial charge >= 0.3 is 96.3 Å². The minimum atomic E-state index is -7.23. The molecule has 1 atom stereocenters. The Morgan fingerprint density at radius 2 is 0.593 bits per heavy atom. The molecule has 0 heterocycles. The van der Waals surface area contributed by atoms with Crippen LogP contribution in [0, 0.1) is 10.8 Å². The van der Waals surface area contributed by atoms with Gasteiger partial charge in [0.15, 0.2) is 30.7 Å². The molecule has 0 N–H and O–H groups in total. The van der Waals surface area contributed by atoms with Gasteiger partial charge in [0.1, 0.15) is 19.8 Å². The SMILES string of the molecule is C=CC(=O)OCCC(F)(F)OC(F)(F)C(COCC(F)(F)COC(=O)C=C)(COCC(F)(F)COC(=O)C=C)C(F)(F)OCC(COCC(F)(F)COC(=O)C=C)(C(F)(F)OC(F)(F)CCOC(=O)C=C)C(F)(F)OC(F)(F)CCOC(=O)CCC. The molecule has 0 spiro atoms. The molecule has 0 aromatic heterocycles. The molecule has 1 unspecified atom stereocenters. The van der Waals surface area contributed by atoms with Gasteiger partial charge in [-0.1, -0.05) is 39.8 Å². The van der Waals surface area contributed by atoms with Crippen LogP contribution in [0.4, 0.5) is 87.8 Å². The van der Waals surface area contributed by atoms with Gasteiger partial charge in [-0.2, -0.15) is 61.5 Å². The van der Waals surface area contributed by atoms with Crippen LogP contribution in [0.2, 0.25) is 0 Å². The fourth-order valence-electron chi connectivity index (χ4n) is 5.63. The normalized spacial score (nSPS) is 14.0. The Kier molecular flexibility index (Phi) is 30.9. The molecule has 86 heavy (non-hydrogen) atoms. The van der Waals surface area contributed by atoms with Gasteiger partial charge in [0.2, 0.25) is 0 Å². The molecule has 0 aliphatic carbocycles. The molecule has 0 rings (SSSR count). The number of esters is 6. The molecule has 0 saturated carbocycles. The highest BCUT2D eigenvalue weighted by atomic mass is 19.3. The van der Waals surface area contributed by atoms with Crippen LogP contribution in [-0.4, -0.2) is 182 Å². The van der Waals surface area contributed by atoms with Gasteiger partial charge in [0.25, 0.3) is 0 Å². The summed E-state index contributed by atoms with van der Waals surface area (Å²) in [6.45, 7) is -19.7. The quantitative estimate of drug-likeness (QED) is 0.0240. The van der Waals surface area contributed by atoms with Crippen LogP contribution in [-0.2, 0) is 90.3 Å². The summed E-state index contributed by atoms with van der Waals surface area (Å²) in [5.74, 6) is -24.6. The summed E-state index contributed by atoms with van der Waals surface area (Å²) in [6.07, 6.45) is -53.3. The third-order valence-electron chi connectivity index (χ3n) is 10.0. The smallest absolute Gasteiger partial charge is 0.378 e. The first-order valence-corrected chi connectivity index (χ1v) is 23.6. The number of alkyl halides is 20. The van der Waals surface area contributed by atoms with Gasteiger partial charge in [-0.15, -0.1) is 0 Å². The van der Waals surface area contributed by atoms with E-state index in [1.807, 2.05) is 0 Å². The third-order valence-corrected chi connectivity index (χ3v) is 10.0. The molecule has 0 amide bonds. The van der Waals surface area contributed by atoms with Gasteiger partial charge in [-0.05, 0) is 6.42 Å². The predicted octanol–water partition coefficient (Wildman–Crippen LogP) is 9.29. The van der Waals surface area contributed by atoms with E-state index in [1.54, 1.807) is 0 Å². The van der Waals surface area contributed by atoms with E-state index in [0.29, 0.717) is 0 Å². The van der Waals surface area contributed by atoms with Crippen LogP contribution in [0.1, 0.15) is 39.0 Å². The van der Waals surface area contributed by atoms with E-state index in [4.69, 9.17) is 0 Å². The molecular formula is C47H54F20O19. The molecule has 0 saturated heterocycles. The number of carbonyl (C=O) groups is 6. The lowest BCUT2D eigenvalue weighted by Gasteiger charge is -2.47. The number of rotatable bonds is 47. The van der Waals surface area contributed by atoms with Crippen LogP contribution >= 0.6 is 0 Å². The lowest BCUT2D eigenvalue weighted by Crippen LogP contribution is -2.67. The summed E-state index contributed by atoms with van der Waals surface area (Å²) in [6, 6.07) is 0. The van der Waals surface area contributed by atoms with Crippen molar-refractivity contribution in [1.29, 1.82) is 0 Å². The zero-order chi connectivity index (χ0) is 66.9. The summed E-state index contributed by atoms with van der Waals surface area (Å²) in [7, 11) is 0. The van der Waals surface area contributed by atoms with E-state index >= 15 is 61.5 Å². The fourth-order valence-corrected chi connectivity index (χ4v) is 5.63. The van der Waals surface area contributed by atoms with E-state index in [0.717, 1.165) is 0 Å². The first-order valence-electron chi connectivity index (χ1n) is 23.6. The molecule has 0 aliphatic rings. The molecule has 0 radical (unpaired) electrons. The van der Waals surface area contributed by atoms with E-state index in [9.17, 15) is 55.1 Å². The van der Waals surface area contributed by atoms with Crippen molar-refractivity contribution in [3.05, 3.63) is 63.3 Å². The zero-order valence-electron chi connectivity index (χ0n) is 44.5. The highest BCUT2D eigenvalue weighted by Gasteiger charge is 2.78. The van der Waals surface area contributed by atoms with Crippen LogP contribution < -0.4 is 0 Å². The van der Waals surface area contributed by atoms with Crippen LogP contribution in [0.15, 0.2) is 63.3 Å². The number of hydrogen-bond acceptors (Lipinski definition) is 19. The van der Waals surface area contributed by atoms with Gasteiger partial charge in [-0.3, -0.25) is 19.0 Å². The molecule has 0 aromatic carbocycles. The molecule has 19 nitrogen and oxygen atoms in total. The maximum atomic E-state index is 17.3. The minimum Gasteiger partial charge on any atom is -0.465 e. The van der Waals surface area contributed by atoms with E-state index in [-0.39, 0.29) is 36.8 Å². The van der Waals surface area contributed by atoms with Gasteiger partial charge in [0.05, 0.1) is 65.5 Å². The second-order valence-electron chi connectivity index (χ2n) is 17.2. The second-order valence-corrected chi connectivity index (χ2v) is 17.2. The molecule has 0 aromatic rings. The zero-order valence-corrected chi connectivity index (χ0v) is 44.5. The third kappa shape index (κ3) is 26.8. The second kappa shape index (κ2) is 33.3. The predicted molar refractivity (Wildman–Crippen MR) is 241 cm³/mol. The molecule has 496 valence electrons. The van der Waals surface area contributed by atoms with Crippen molar-refractivity contribution < 1.29 is 178 Å². The summed E-state index contributed by atoms with van der Waals surface area (Å²) in [4.78, 5) is 69.0. The lowest BCUT2D eigenvalue weighted by atomic mass is 9.84. The molecular weight excluding hydrogens is 1250 g/mol. The Morgan fingerprint density at radius 1 is 0.337 bits per heavy atom. The highest BCUT2D eigenvalue weighted by Crippen LogP contribution is 2.58. The number of ether oxygens (including phenoxy) is 13. The van der Waals surface area contributed by atoms with Crippen molar-refractivity contribution in [1.82, 2.24) is 0 Å². The van der Waals surface area contributed by atoms with Gasteiger partial charge < -0.3 is 47.4 Å². The first-order chi connectivity index (χ1) is 39.2. The number of carbonyl (C=O) groups excluding carboxylic acids is 6. The largest absolute Gasteiger partial charge is 0.465 e. The van der Waals surface area contributed by atoms with Crippen molar-refractivity contribution in [2.45, 2.75) is 99.6 Å². The summed E-state index contributed by atoms with van der Waals surface area (Å²) in [5.41, 5.74) is -12.5. The fraction of sp³-hybridized carbons (Fsp3) is 0.660. The van der Waals surface area contributed by atoms with Gasteiger partial charge in [-0.25, -0.2) is 50.3 Å². The first kappa shape index (κ1) is 79.8. The number of halogens is 20. The van der Waals surface area contributed by atoms with Crippen molar-refractivity contribution in [3.63, 3.8) is 0 Å². The van der Waals surface area contributed by atoms with Crippen molar-refractivity contribution in [2.24, 2.45) is 10.8 Å². The Hall–Kier alpha value is -6.16. The summed E-state index contributed by atoms with van der Waals surface area (Å²) < 4.78 is 368. The van der Waals surface area contributed by atoms with Crippen molar-refractivity contribution in [2.75, 3.05) is 85.9 Å². The summed E-state index contributed by atoms with van der Waals surface area (Å²) in [5, 5.41) is 0. The van der Waals surface area contributed by atoms with Crippen LogP contribution in [0.3, 0.4) is 0 Å². The van der Waals surface area contributed by atoms with Gasteiger partial charge in [0, 0.05) is 36.8 Å². The Balaban J connectivity index is 9.01. The maximum absolute atomic E-state index is 17.3. The average Bonchev–Trinajstić information content (AvgIpc) is 0.775. The average molecular weight is 1300 g/mol. The topological polar surface area (TPSA) is 222 Å². The number of hydrogen-bond donors (Lipinski definition) is 0. The van der Waals surface area contributed by atoms with E-state index in [1.165, 1.54) is 6.92 Å². The standard InChI is InChI=1S/C47H54F20O19/c1-7-13-35(73)79-19-16-43(58,59)86-47(66,67)37(22-76-26-40(52,53)29-82-34(72)12-6,46(64,65)85-42(56,57)15-18-78-31(69)9-3)23-83-44(60,61)36(20-74-24-38(48,49)27-80-32(70)10-4,21-75-25-39(50,51)28-81-33(71)11-5)45(62,63)84-41(54,55)14-17-77-30(68)8-2/h8-12H,2-7,13-29H2,1H3. The Bertz CT molecular complexity index is 2240. The molecule has 0 aliphatic heterocycles. The maximum Gasteiger partial charge on any atom is 0.378 e. The molecule has 0 fully saturated rings. The Morgan fingerprint density at radius 3 is 0.860 bits per heavy atom. The van der Waals surface area contributed by atoms with Crippen LogP contribution in [0.5, 0.6) is 0 Å². The lowest BCUT2D eigenvalue weighted by molar-refractivity contribution is -0.510. The molecule has 0 bridgehead atoms. The van der Waals surface area contributed by atoms with E-state index < -0.39 is 219 Å². The van der Waals surface area contributed by atoms with Crippen molar-refractivity contribution in [3.8, 4) is 0 Å². The Labute approximate surface area is 473 Å². The highest BCUT2D eigenvalue weighted by molar-refractivity contribution is 5.82. The van der Waals surface area contributed by atoms with E-state index in [2.05, 4.69) is 94.5 Å². The minimum absolute atomic E-state index is 0.0876. The van der Waals surface area contributed by atoms with Crippen LogP contribution in [0.25, 0.3) is 0 Å². The molecule has 39 heteroatoms. The monoisotopic (exact) mass is 1300 g/mol.